The maximum atomic E-state index is 13.1. The number of carbonyl (C=O) groups is 2. The highest BCUT2D eigenvalue weighted by Gasteiger charge is 2.47. The van der Waals surface area contributed by atoms with Gasteiger partial charge in [0.25, 0.3) is 5.91 Å². The zero-order chi connectivity index (χ0) is 18.6. The van der Waals surface area contributed by atoms with Crippen LogP contribution in [-0.4, -0.2) is 53.5 Å². The van der Waals surface area contributed by atoms with Gasteiger partial charge in [-0.2, -0.15) is 26.3 Å². The summed E-state index contributed by atoms with van der Waals surface area (Å²) in [5.74, 6) is -2.87. The van der Waals surface area contributed by atoms with Crippen LogP contribution in [0.25, 0.3) is 0 Å². The Morgan fingerprint density at radius 3 is 2.36 bits per heavy atom. The monoisotopic (exact) mass is 366 g/mol. The standard InChI is InChI=1S/C15H12F6N2O2/c16-14(17,18)10-3-1-2-8-6-9-7-22(13(25)15(19,20)21)4-5-23(9)12(24)11(8)10/h1-3,9H,4-7H2/t9-/m1/s1. The molecular formula is C15H12F6N2O2. The first kappa shape index (κ1) is 17.6. The summed E-state index contributed by atoms with van der Waals surface area (Å²) in [6, 6.07) is 2.54. The van der Waals surface area contributed by atoms with Gasteiger partial charge in [0.05, 0.1) is 17.2 Å². The van der Waals surface area contributed by atoms with Crippen LogP contribution in [0.15, 0.2) is 18.2 Å². The van der Waals surface area contributed by atoms with Gasteiger partial charge in [0, 0.05) is 19.6 Å². The Kier molecular flexibility index (Phi) is 3.96. The van der Waals surface area contributed by atoms with Gasteiger partial charge in [-0.1, -0.05) is 12.1 Å². The van der Waals surface area contributed by atoms with Crippen molar-refractivity contribution in [2.24, 2.45) is 0 Å². The van der Waals surface area contributed by atoms with Crippen molar-refractivity contribution in [3.8, 4) is 0 Å². The molecule has 0 spiro atoms. The fraction of sp³-hybridized carbons (Fsp3) is 0.467. The van der Waals surface area contributed by atoms with Crippen molar-refractivity contribution in [2.45, 2.75) is 24.8 Å². The molecule has 1 aromatic rings. The minimum absolute atomic E-state index is 0.0351. The lowest BCUT2D eigenvalue weighted by Gasteiger charge is -2.44. The molecule has 1 fully saturated rings. The number of nitrogens with zero attached hydrogens (tertiary/aromatic N) is 2. The normalized spacial score (nSPS) is 21.0. The second-order valence-electron chi connectivity index (χ2n) is 5.94. The zero-order valence-electron chi connectivity index (χ0n) is 12.6. The van der Waals surface area contributed by atoms with E-state index in [1.807, 2.05) is 0 Å². The van der Waals surface area contributed by atoms with Crippen LogP contribution in [0.2, 0.25) is 0 Å². The summed E-state index contributed by atoms with van der Waals surface area (Å²) >= 11 is 0. The average Bonchev–Trinajstić information content (AvgIpc) is 2.51. The van der Waals surface area contributed by atoms with E-state index in [0.29, 0.717) is 4.90 Å². The van der Waals surface area contributed by atoms with Gasteiger partial charge in [-0.05, 0) is 18.1 Å². The van der Waals surface area contributed by atoms with Gasteiger partial charge in [-0.25, -0.2) is 0 Å². The van der Waals surface area contributed by atoms with Gasteiger partial charge in [-0.3, -0.25) is 9.59 Å². The third-order valence-corrected chi connectivity index (χ3v) is 4.40. The van der Waals surface area contributed by atoms with E-state index in [-0.39, 0.29) is 31.6 Å². The maximum absolute atomic E-state index is 13.1. The Hall–Kier alpha value is -2.26. The van der Waals surface area contributed by atoms with Crippen molar-refractivity contribution >= 4 is 11.8 Å². The number of piperazine rings is 1. The minimum Gasteiger partial charge on any atom is -0.332 e. The molecule has 2 amide bonds. The van der Waals surface area contributed by atoms with Crippen LogP contribution in [-0.2, 0) is 17.4 Å². The Morgan fingerprint density at radius 1 is 1.08 bits per heavy atom. The third-order valence-electron chi connectivity index (χ3n) is 4.40. The molecule has 1 atom stereocenters. The Bertz CT molecular complexity index is 728. The summed E-state index contributed by atoms with van der Waals surface area (Å²) in [5, 5.41) is 0. The van der Waals surface area contributed by atoms with E-state index in [9.17, 15) is 35.9 Å². The van der Waals surface area contributed by atoms with Crippen LogP contribution in [0.4, 0.5) is 26.3 Å². The smallest absolute Gasteiger partial charge is 0.332 e. The van der Waals surface area contributed by atoms with Crippen LogP contribution in [0.1, 0.15) is 21.5 Å². The summed E-state index contributed by atoms with van der Waals surface area (Å²) in [6.45, 7) is -0.971. The molecule has 0 N–H and O–H groups in total. The van der Waals surface area contributed by atoms with E-state index in [0.717, 1.165) is 17.0 Å². The number of carbonyl (C=O) groups excluding carboxylic acids is 2. The van der Waals surface area contributed by atoms with Crippen molar-refractivity contribution < 1.29 is 35.9 Å². The first-order chi connectivity index (χ1) is 11.5. The number of benzene rings is 1. The molecule has 0 bridgehead atoms. The lowest BCUT2D eigenvalue weighted by molar-refractivity contribution is -0.187. The molecule has 10 heteroatoms. The molecule has 0 unspecified atom stereocenters. The largest absolute Gasteiger partial charge is 0.471 e. The van der Waals surface area contributed by atoms with Gasteiger partial charge in [-0.15, -0.1) is 0 Å². The minimum atomic E-state index is -5.03. The molecule has 0 saturated carbocycles. The third kappa shape index (κ3) is 3.05. The van der Waals surface area contributed by atoms with Crippen LogP contribution in [0.3, 0.4) is 0 Å². The van der Waals surface area contributed by atoms with Gasteiger partial charge in [0.1, 0.15) is 0 Å². The summed E-state index contributed by atoms with van der Waals surface area (Å²) in [4.78, 5) is 25.6. The van der Waals surface area contributed by atoms with Crippen LogP contribution in [0.5, 0.6) is 0 Å². The zero-order valence-corrected chi connectivity index (χ0v) is 12.6. The fourth-order valence-corrected chi connectivity index (χ4v) is 3.32. The summed E-state index contributed by atoms with van der Waals surface area (Å²) < 4.78 is 77.1. The highest BCUT2D eigenvalue weighted by molar-refractivity contribution is 5.99. The average molecular weight is 366 g/mol. The molecule has 0 aliphatic carbocycles. The SMILES string of the molecule is O=C1c2c(cccc2C(F)(F)F)C[C@@H]2CN(C(=O)C(F)(F)F)CCN12. The lowest BCUT2D eigenvalue weighted by atomic mass is 9.88. The highest BCUT2D eigenvalue weighted by Crippen LogP contribution is 2.37. The van der Waals surface area contributed by atoms with Gasteiger partial charge in [0.2, 0.25) is 0 Å². The predicted molar refractivity (Wildman–Crippen MR) is 72.6 cm³/mol. The van der Waals surface area contributed by atoms with Crippen molar-refractivity contribution in [1.82, 2.24) is 9.80 Å². The number of halogens is 6. The van der Waals surface area contributed by atoms with Crippen molar-refractivity contribution in [3.05, 3.63) is 34.9 Å². The Labute approximate surface area is 138 Å². The van der Waals surface area contributed by atoms with Crippen LogP contribution in [0, 0.1) is 0 Å². The van der Waals surface area contributed by atoms with Crippen molar-refractivity contribution in [2.75, 3.05) is 19.6 Å². The maximum Gasteiger partial charge on any atom is 0.471 e. The van der Waals surface area contributed by atoms with E-state index < -0.39 is 41.3 Å². The van der Waals surface area contributed by atoms with E-state index in [1.54, 1.807) is 0 Å². The number of fused-ring (bicyclic) bond motifs is 2. The molecule has 1 aromatic carbocycles. The highest BCUT2D eigenvalue weighted by atomic mass is 19.4. The van der Waals surface area contributed by atoms with E-state index >= 15 is 0 Å². The van der Waals surface area contributed by atoms with Crippen molar-refractivity contribution in [1.29, 1.82) is 0 Å². The topological polar surface area (TPSA) is 40.6 Å². The van der Waals surface area contributed by atoms with E-state index in [4.69, 9.17) is 0 Å². The number of hydrogen-bond acceptors (Lipinski definition) is 2. The Morgan fingerprint density at radius 2 is 1.76 bits per heavy atom. The molecular weight excluding hydrogens is 354 g/mol. The van der Waals surface area contributed by atoms with Crippen LogP contribution < -0.4 is 0 Å². The number of alkyl halides is 6. The molecule has 4 nitrogen and oxygen atoms in total. The summed E-state index contributed by atoms with van der Waals surface area (Å²) in [6.07, 6.45) is -9.77. The fourth-order valence-electron chi connectivity index (χ4n) is 3.32. The van der Waals surface area contributed by atoms with Crippen LogP contribution >= 0.6 is 0 Å². The molecule has 3 rings (SSSR count). The number of amides is 2. The molecule has 0 aromatic heterocycles. The lowest BCUT2D eigenvalue weighted by Crippen LogP contribution is -2.61. The first-order valence-electron chi connectivity index (χ1n) is 7.36. The molecule has 2 heterocycles. The summed E-state index contributed by atoms with van der Waals surface area (Å²) in [5.41, 5.74) is -1.38. The second-order valence-corrected chi connectivity index (χ2v) is 5.94. The number of hydrogen-bond donors (Lipinski definition) is 0. The number of rotatable bonds is 0. The molecule has 0 radical (unpaired) electrons. The molecule has 1 saturated heterocycles. The van der Waals surface area contributed by atoms with E-state index in [1.165, 1.54) is 6.07 Å². The summed E-state index contributed by atoms with van der Waals surface area (Å²) in [7, 11) is 0. The van der Waals surface area contributed by atoms with E-state index in [2.05, 4.69) is 0 Å². The van der Waals surface area contributed by atoms with Crippen molar-refractivity contribution in [3.63, 3.8) is 0 Å². The second kappa shape index (κ2) is 5.63. The van der Waals surface area contributed by atoms with Gasteiger partial charge in [0.15, 0.2) is 0 Å². The predicted octanol–water partition coefficient (Wildman–Crippen LogP) is 2.48. The van der Waals surface area contributed by atoms with Gasteiger partial charge < -0.3 is 9.80 Å². The quantitative estimate of drug-likeness (QED) is 0.662. The Balaban J connectivity index is 1.92. The molecule has 2 aliphatic rings. The van der Waals surface area contributed by atoms with Gasteiger partial charge >= 0.3 is 18.3 Å². The molecule has 2 aliphatic heterocycles. The first-order valence-corrected chi connectivity index (χ1v) is 7.36. The molecule has 25 heavy (non-hydrogen) atoms. The molecule has 136 valence electrons.